The van der Waals surface area contributed by atoms with Crippen molar-refractivity contribution in [2.45, 2.75) is 89.6 Å². The Kier molecular flexibility index (Phi) is 8.72. The zero-order valence-electron chi connectivity index (χ0n) is 11.7. The average Bonchev–Trinajstić information content (AvgIpc) is 2.33. The van der Waals surface area contributed by atoms with Crippen LogP contribution in [0.4, 0.5) is 0 Å². The molecule has 2 atom stereocenters. The van der Waals surface area contributed by atoms with Crippen LogP contribution in [0.1, 0.15) is 77.6 Å². The van der Waals surface area contributed by atoms with Gasteiger partial charge in [-0.05, 0) is 32.2 Å². The topological polar surface area (TPSA) is 38.0 Å². The minimum atomic E-state index is 0.454. The molecule has 0 heterocycles. The molecule has 0 aromatic rings. The van der Waals surface area contributed by atoms with E-state index in [1.54, 1.807) is 0 Å². The fourth-order valence-corrected chi connectivity index (χ4v) is 2.80. The summed E-state index contributed by atoms with van der Waals surface area (Å²) >= 11 is 0. The van der Waals surface area contributed by atoms with Gasteiger partial charge in [-0.2, -0.15) is 0 Å². The fraction of sp³-hybridized carbons (Fsp3) is 1.00. The van der Waals surface area contributed by atoms with Gasteiger partial charge in [0.1, 0.15) is 0 Å². The minimum Gasteiger partial charge on any atom is -0.328 e. The molecule has 0 saturated heterocycles. The van der Waals surface area contributed by atoms with Crippen LogP contribution in [0.2, 0.25) is 0 Å². The minimum absolute atomic E-state index is 0.454. The summed E-state index contributed by atoms with van der Waals surface area (Å²) in [6, 6.07) is 1.16. The number of nitrogens with one attached hydrogen (secondary N) is 1. The van der Waals surface area contributed by atoms with E-state index in [4.69, 9.17) is 5.73 Å². The molecule has 1 aliphatic rings. The molecule has 1 saturated carbocycles. The molecule has 1 fully saturated rings. The summed E-state index contributed by atoms with van der Waals surface area (Å²) in [7, 11) is 0. The lowest BCUT2D eigenvalue weighted by molar-refractivity contribution is 0.337. The Morgan fingerprint density at radius 1 is 1.00 bits per heavy atom. The van der Waals surface area contributed by atoms with Crippen molar-refractivity contribution < 1.29 is 0 Å². The van der Waals surface area contributed by atoms with Crippen LogP contribution >= 0.6 is 0 Å². The highest BCUT2D eigenvalue weighted by molar-refractivity contribution is 4.79. The van der Waals surface area contributed by atoms with Crippen molar-refractivity contribution in [3.05, 3.63) is 0 Å². The third-order valence-electron chi connectivity index (χ3n) is 3.93. The summed E-state index contributed by atoms with van der Waals surface area (Å²) in [5, 5.41) is 3.67. The molecule has 0 radical (unpaired) electrons. The summed E-state index contributed by atoms with van der Waals surface area (Å²) in [5.74, 6) is 0. The SMILES string of the molecule is CCCCCCCCCNC1CCCC(N)C1. The Bertz CT molecular complexity index is 170. The first-order chi connectivity index (χ1) is 8.33. The van der Waals surface area contributed by atoms with E-state index in [0.717, 1.165) is 0 Å². The number of hydrogen-bond acceptors (Lipinski definition) is 2. The monoisotopic (exact) mass is 240 g/mol. The Labute approximate surface area is 108 Å². The van der Waals surface area contributed by atoms with Crippen molar-refractivity contribution in [1.82, 2.24) is 5.32 Å². The largest absolute Gasteiger partial charge is 0.328 e. The summed E-state index contributed by atoms with van der Waals surface area (Å²) in [4.78, 5) is 0. The van der Waals surface area contributed by atoms with E-state index in [1.807, 2.05) is 0 Å². The number of rotatable bonds is 9. The average molecular weight is 240 g/mol. The summed E-state index contributed by atoms with van der Waals surface area (Å²) in [6.45, 7) is 3.48. The van der Waals surface area contributed by atoms with Gasteiger partial charge in [0.2, 0.25) is 0 Å². The molecule has 0 aliphatic heterocycles. The zero-order valence-corrected chi connectivity index (χ0v) is 11.7. The van der Waals surface area contributed by atoms with Crippen LogP contribution < -0.4 is 11.1 Å². The van der Waals surface area contributed by atoms with Gasteiger partial charge in [-0.25, -0.2) is 0 Å². The van der Waals surface area contributed by atoms with Crippen molar-refractivity contribution in [3.63, 3.8) is 0 Å². The highest BCUT2D eigenvalue weighted by Gasteiger charge is 2.17. The maximum Gasteiger partial charge on any atom is 0.00818 e. The lowest BCUT2D eigenvalue weighted by atomic mass is 9.91. The van der Waals surface area contributed by atoms with Gasteiger partial charge in [0, 0.05) is 12.1 Å². The molecule has 1 rings (SSSR count). The van der Waals surface area contributed by atoms with Crippen LogP contribution in [-0.4, -0.2) is 18.6 Å². The van der Waals surface area contributed by atoms with Crippen LogP contribution in [0.3, 0.4) is 0 Å². The van der Waals surface area contributed by atoms with Gasteiger partial charge < -0.3 is 11.1 Å². The van der Waals surface area contributed by atoms with Crippen LogP contribution in [-0.2, 0) is 0 Å². The predicted molar refractivity (Wildman–Crippen MR) is 76.2 cm³/mol. The molecule has 0 spiro atoms. The molecule has 2 heteroatoms. The molecule has 2 nitrogen and oxygen atoms in total. The number of unbranched alkanes of at least 4 members (excludes halogenated alkanes) is 6. The smallest absolute Gasteiger partial charge is 0.00818 e. The Hall–Kier alpha value is -0.0800. The van der Waals surface area contributed by atoms with Gasteiger partial charge in [-0.15, -0.1) is 0 Å². The van der Waals surface area contributed by atoms with Crippen molar-refractivity contribution >= 4 is 0 Å². The third kappa shape index (κ3) is 7.77. The van der Waals surface area contributed by atoms with Crippen molar-refractivity contribution in [2.24, 2.45) is 5.73 Å². The summed E-state index contributed by atoms with van der Waals surface area (Å²) in [6.07, 6.45) is 14.9. The maximum atomic E-state index is 5.98. The predicted octanol–water partition coefficient (Wildman–Crippen LogP) is 3.60. The van der Waals surface area contributed by atoms with Crippen LogP contribution in [0, 0.1) is 0 Å². The van der Waals surface area contributed by atoms with E-state index < -0.39 is 0 Å². The summed E-state index contributed by atoms with van der Waals surface area (Å²) < 4.78 is 0. The second kappa shape index (κ2) is 9.90. The third-order valence-corrected chi connectivity index (χ3v) is 3.93. The summed E-state index contributed by atoms with van der Waals surface area (Å²) in [5.41, 5.74) is 5.98. The van der Waals surface area contributed by atoms with Gasteiger partial charge in [0.05, 0.1) is 0 Å². The van der Waals surface area contributed by atoms with Crippen molar-refractivity contribution in [3.8, 4) is 0 Å². The van der Waals surface area contributed by atoms with E-state index in [9.17, 15) is 0 Å². The van der Waals surface area contributed by atoms with Gasteiger partial charge in [-0.3, -0.25) is 0 Å². The molecule has 102 valence electrons. The lowest BCUT2D eigenvalue weighted by Crippen LogP contribution is -2.39. The first kappa shape index (κ1) is 15.0. The molecule has 0 bridgehead atoms. The number of nitrogens with two attached hydrogens (primary N) is 1. The first-order valence-electron chi connectivity index (χ1n) is 7.82. The van der Waals surface area contributed by atoms with E-state index in [0.29, 0.717) is 12.1 Å². The Morgan fingerprint density at radius 3 is 2.41 bits per heavy atom. The molecule has 0 aromatic carbocycles. The first-order valence-corrected chi connectivity index (χ1v) is 7.82. The van der Waals surface area contributed by atoms with Crippen LogP contribution in [0.5, 0.6) is 0 Å². The molecule has 2 unspecified atom stereocenters. The van der Waals surface area contributed by atoms with Gasteiger partial charge >= 0.3 is 0 Å². The molecule has 0 aromatic heterocycles. The van der Waals surface area contributed by atoms with E-state index in [1.165, 1.54) is 77.2 Å². The molecule has 1 aliphatic carbocycles. The van der Waals surface area contributed by atoms with E-state index >= 15 is 0 Å². The molecule has 3 N–H and O–H groups in total. The van der Waals surface area contributed by atoms with Crippen LogP contribution in [0.15, 0.2) is 0 Å². The Balaban J connectivity index is 1.83. The standard InChI is InChI=1S/C15H32N2/c1-2-3-4-5-6-7-8-12-17-15-11-9-10-14(16)13-15/h14-15,17H,2-13,16H2,1H3. The fourth-order valence-electron chi connectivity index (χ4n) is 2.80. The molecule has 17 heavy (non-hydrogen) atoms. The van der Waals surface area contributed by atoms with Gasteiger partial charge in [-0.1, -0.05) is 51.9 Å². The van der Waals surface area contributed by atoms with Gasteiger partial charge in [0.25, 0.3) is 0 Å². The van der Waals surface area contributed by atoms with Crippen molar-refractivity contribution in [1.29, 1.82) is 0 Å². The quantitative estimate of drug-likeness (QED) is 0.604. The number of hydrogen-bond donors (Lipinski definition) is 2. The van der Waals surface area contributed by atoms with Gasteiger partial charge in [0.15, 0.2) is 0 Å². The second-order valence-corrected chi connectivity index (χ2v) is 5.70. The zero-order chi connectivity index (χ0) is 12.3. The van der Waals surface area contributed by atoms with Crippen molar-refractivity contribution in [2.75, 3.05) is 6.54 Å². The highest BCUT2D eigenvalue weighted by atomic mass is 14.9. The molecule has 0 amide bonds. The van der Waals surface area contributed by atoms with E-state index in [2.05, 4.69) is 12.2 Å². The molecular weight excluding hydrogens is 208 g/mol. The maximum absolute atomic E-state index is 5.98. The second-order valence-electron chi connectivity index (χ2n) is 5.70. The normalized spacial score (nSPS) is 25.1. The molecular formula is C15H32N2. The van der Waals surface area contributed by atoms with E-state index in [-0.39, 0.29) is 0 Å². The lowest BCUT2D eigenvalue weighted by Gasteiger charge is -2.27. The Morgan fingerprint density at radius 2 is 1.71 bits per heavy atom. The van der Waals surface area contributed by atoms with Crippen LogP contribution in [0.25, 0.3) is 0 Å². The highest BCUT2D eigenvalue weighted by Crippen LogP contribution is 2.16.